The fourth-order valence-corrected chi connectivity index (χ4v) is 2.58. The third-order valence-electron chi connectivity index (χ3n) is 3.32. The molecule has 3 nitrogen and oxygen atoms in total. The van der Waals surface area contributed by atoms with Crippen molar-refractivity contribution in [2.45, 2.75) is 19.9 Å². The van der Waals surface area contributed by atoms with Crippen LogP contribution in [0.25, 0.3) is 10.9 Å². The van der Waals surface area contributed by atoms with Gasteiger partial charge in [0.05, 0.1) is 12.6 Å². The lowest BCUT2D eigenvalue weighted by atomic mass is 10.1. The van der Waals surface area contributed by atoms with Crippen LogP contribution >= 0.6 is 0 Å². The normalized spacial score (nSPS) is 13.4. The molecule has 0 spiro atoms. The van der Waals surface area contributed by atoms with Gasteiger partial charge in [-0.15, -0.1) is 0 Å². The minimum Gasteiger partial charge on any atom is -0.496 e. The molecule has 3 rings (SSSR count). The molecule has 0 amide bonds. The van der Waals surface area contributed by atoms with Crippen molar-refractivity contribution in [3.05, 3.63) is 39.7 Å². The predicted molar refractivity (Wildman–Crippen MR) is 63.2 cm³/mol. The zero-order valence-electron chi connectivity index (χ0n) is 9.41. The number of hydrogen-bond donors (Lipinski definition) is 0. The van der Waals surface area contributed by atoms with Crippen LogP contribution in [-0.2, 0) is 13.0 Å². The molecule has 1 aliphatic heterocycles. The van der Waals surface area contributed by atoms with Crippen LogP contribution in [0.1, 0.15) is 11.1 Å². The van der Waals surface area contributed by atoms with Crippen molar-refractivity contribution < 1.29 is 4.74 Å². The average Bonchev–Trinajstić information content (AvgIpc) is 2.70. The molecular weight excluding hydrogens is 202 g/mol. The van der Waals surface area contributed by atoms with Gasteiger partial charge in [0.15, 0.2) is 0 Å². The molecule has 2 heterocycles. The molecule has 0 bridgehead atoms. The Morgan fingerprint density at radius 1 is 1.38 bits per heavy atom. The van der Waals surface area contributed by atoms with Gasteiger partial charge in [0, 0.05) is 18.0 Å². The lowest BCUT2D eigenvalue weighted by Crippen LogP contribution is -2.17. The first kappa shape index (κ1) is 9.46. The van der Waals surface area contributed by atoms with Gasteiger partial charge in [-0.2, -0.15) is 0 Å². The summed E-state index contributed by atoms with van der Waals surface area (Å²) in [5, 5.41) is 1.08. The van der Waals surface area contributed by atoms with E-state index in [0.717, 1.165) is 35.2 Å². The van der Waals surface area contributed by atoms with Crippen LogP contribution in [0.4, 0.5) is 0 Å². The highest BCUT2D eigenvalue weighted by molar-refractivity contribution is 5.91. The molecule has 0 aliphatic carbocycles. The molecule has 0 saturated carbocycles. The van der Waals surface area contributed by atoms with Gasteiger partial charge in [-0.25, -0.2) is 0 Å². The Morgan fingerprint density at radius 3 is 2.94 bits per heavy atom. The van der Waals surface area contributed by atoms with E-state index in [1.807, 2.05) is 17.6 Å². The van der Waals surface area contributed by atoms with Crippen molar-refractivity contribution in [1.82, 2.24) is 4.57 Å². The second kappa shape index (κ2) is 3.11. The summed E-state index contributed by atoms with van der Waals surface area (Å²) in [7, 11) is 1.67. The van der Waals surface area contributed by atoms with Gasteiger partial charge in [0.25, 0.3) is 5.56 Å². The minimum atomic E-state index is 0.0944. The van der Waals surface area contributed by atoms with Crippen molar-refractivity contribution in [3.8, 4) is 5.75 Å². The van der Waals surface area contributed by atoms with Crippen LogP contribution in [0.2, 0.25) is 0 Å². The van der Waals surface area contributed by atoms with Gasteiger partial charge in [0.1, 0.15) is 5.75 Å². The smallest absolute Gasteiger partial charge is 0.251 e. The Balaban J connectivity index is 2.59. The van der Waals surface area contributed by atoms with Gasteiger partial charge >= 0.3 is 0 Å². The molecule has 0 N–H and O–H groups in total. The van der Waals surface area contributed by atoms with Crippen LogP contribution in [0.15, 0.2) is 23.0 Å². The van der Waals surface area contributed by atoms with E-state index in [4.69, 9.17) is 4.74 Å². The SMILES string of the molecule is COc1ccc2c3c1c(C)cc(=O)n3CC2. The molecule has 2 aromatic rings. The Labute approximate surface area is 93.3 Å². The number of benzene rings is 1. The highest BCUT2D eigenvalue weighted by atomic mass is 16.5. The van der Waals surface area contributed by atoms with E-state index in [9.17, 15) is 4.79 Å². The summed E-state index contributed by atoms with van der Waals surface area (Å²) in [6.07, 6.45) is 0.944. The summed E-state index contributed by atoms with van der Waals surface area (Å²) in [6.45, 7) is 2.75. The number of pyridine rings is 1. The topological polar surface area (TPSA) is 31.2 Å². The maximum Gasteiger partial charge on any atom is 0.251 e. The van der Waals surface area contributed by atoms with Gasteiger partial charge < -0.3 is 9.30 Å². The maximum absolute atomic E-state index is 11.8. The third kappa shape index (κ3) is 1.06. The van der Waals surface area contributed by atoms with E-state index in [2.05, 4.69) is 6.07 Å². The first-order valence-corrected chi connectivity index (χ1v) is 5.42. The average molecular weight is 215 g/mol. The molecule has 0 fully saturated rings. The maximum atomic E-state index is 11.8. The molecule has 3 heteroatoms. The van der Waals surface area contributed by atoms with Crippen LogP contribution in [-0.4, -0.2) is 11.7 Å². The molecule has 0 atom stereocenters. The number of rotatable bonds is 1. The van der Waals surface area contributed by atoms with Gasteiger partial charge in [0.2, 0.25) is 0 Å². The van der Waals surface area contributed by atoms with E-state index in [0.29, 0.717) is 0 Å². The molecule has 0 unspecified atom stereocenters. The number of aryl methyl sites for hydroxylation is 3. The molecule has 1 aliphatic rings. The van der Waals surface area contributed by atoms with Gasteiger partial charge in [-0.1, -0.05) is 6.07 Å². The largest absolute Gasteiger partial charge is 0.496 e. The summed E-state index contributed by atoms with van der Waals surface area (Å²) >= 11 is 0. The zero-order chi connectivity index (χ0) is 11.3. The molecule has 1 aromatic heterocycles. The minimum absolute atomic E-state index is 0.0944. The standard InChI is InChI=1S/C13H13NO2/c1-8-7-11(15)14-6-5-9-3-4-10(16-2)12(8)13(9)14/h3-4,7H,5-6H2,1-2H3. The molecular formula is C13H13NO2. The molecule has 0 radical (unpaired) electrons. The second-order valence-corrected chi connectivity index (χ2v) is 4.22. The van der Waals surface area contributed by atoms with Crippen molar-refractivity contribution in [2.24, 2.45) is 0 Å². The fraction of sp³-hybridized carbons (Fsp3) is 0.308. The number of nitrogens with zero attached hydrogens (tertiary/aromatic N) is 1. The van der Waals surface area contributed by atoms with Crippen molar-refractivity contribution >= 4 is 10.9 Å². The zero-order valence-corrected chi connectivity index (χ0v) is 9.41. The number of aromatic nitrogens is 1. The van der Waals surface area contributed by atoms with Crippen molar-refractivity contribution in [2.75, 3.05) is 7.11 Å². The Bertz CT molecular complexity index is 640. The summed E-state index contributed by atoms with van der Waals surface area (Å²) in [6, 6.07) is 5.74. The van der Waals surface area contributed by atoms with Crippen molar-refractivity contribution in [1.29, 1.82) is 0 Å². The second-order valence-electron chi connectivity index (χ2n) is 4.22. The molecule has 1 aromatic carbocycles. The van der Waals surface area contributed by atoms with Crippen molar-refractivity contribution in [3.63, 3.8) is 0 Å². The quantitative estimate of drug-likeness (QED) is 0.727. The lowest BCUT2D eigenvalue weighted by Gasteiger charge is -2.10. The van der Waals surface area contributed by atoms with E-state index < -0.39 is 0 Å². The summed E-state index contributed by atoms with van der Waals surface area (Å²) < 4.78 is 7.22. The summed E-state index contributed by atoms with van der Waals surface area (Å²) in [5.41, 5.74) is 3.40. The number of methoxy groups -OCH3 is 1. The van der Waals surface area contributed by atoms with Gasteiger partial charge in [-0.05, 0) is 30.5 Å². The van der Waals surface area contributed by atoms with Gasteiger partial charge in [-0.3, -0.25) is 4.79 Å². The molecule has 0 saturated heterocycles. The first-order valence-electron chi connectivity index (χ1n) is 5.42. The first-order chi connectivity index (χ1) is 7.72. The highest BCUT2D eigenvalue weighted by Crippen LogP contribution is 2.33. The molecule has 82 valence electrons. The predicted octanol–water partition coefficient (Wildman–Crippen LogP) is 1.87. The third-order valence-corrected chi connectivity index (χ3v) is 3.32. The number of ether oxygens (including phenoxy) is 1. The summed E-state index contributed by atoms with van der Waals surface area (Å²) in [5.74, 6) is 0.854. The lowest BCUT2D eigenvalue weighted by molar-refractivity contribution is 0.419. The van der Waals surface area contributed by atoms with E-state index in [1.54, 1.807) is 13.2 Å². The fourth-order valence-electron chi connectivity index (χ4n) is 2.58. The Hall–Kier alpha value is -1.77. The van der Waals surface area contributed by atoms with Crippen LogP contribution in [0, 0.1) is 6.92 Å². The van der Waals surface area contributed by atoms with E-state index >= 15 is 0 Å². The molecule has 16 heavy (non-hydrogen) atoms. The highest BCUT2D eigenvalue weighted by Gasteiger charge is 2.19. The Kier molecular flexibility index (Phi) is 1.84. The van der Waals surface area contributed by atoms with E-state index in [-0.39, 0.29) is 5.56 Å². The van der Waals surface area contributed by atoms with Crippen LogP contribution in [0.5, 0.6) is 5.75 Å². The summed E-state index contributed by atoms with van der Waals surface area (Å²) in [4.78, 5) is 11.8. The van der Waals surface area contributed by atoms with E-state index in [1.165, 1.54) is 5.56 Å². The monoisotopic (exact) mass is 215 g/mol. The Morgan fingerprint density at radius 2 is 2.19 bits per heavy atom. The number of hydrogen-bond acceptors (Lipinski definition) is 2. The van der Waals surface area contributed by atoms with Crippen LogP contribution < -0.4 is 10.3 Å². The van der Waals surface area contributed by atoms with Crippen LogP contribution in [0.3, 0.4) is 0 Å².